The topological polar surface area (TPSA) is 70.3 Å². The molecule has 1 aromatic carbocycles. The fourth-order valence-corrected chi connectivity index (χ4v) is 2.65. The number of phenols is 2. The molecule has 0 amide bonds. The summed E-state index contributed by atoms with van der Waals surface area (Å²) >= 11 is 0. The highest BCUT2D eigenvalue weighted by molar-refractivity contribution is 5.56. The normalized spacial score (nSPS) is 12.7. The van der Waals surface area contributed by atoms with Gasteiger partial charge in [0.1, 0.15) is 11.5 Å². The summed E-state index contributed by atoms with van der Waals surface area (Å²) in [5.41, 5.74) is 3.39. The number of hydrogen-bond acceptors (Lipinski definition) is 4. The van der Waals surface area contributed by atoms with Gasteiger partial charge in [0.2, 0.25) is 0 Å². The molecule has 0 aliphatic rings. The molecule has 0 saturated carbocycles. The monoisotopic (exact) mass is 289 g/mol. The molecule has 0 bridgehead atoms. The number of phenolic OH excluding ortho intramolecular Hbond substituents is 2. The van der Waals surface area contributed by atoms with E-state index in [0.717, 1.165) is 17.1 Å². The van der Waals surface area contributed by atoms with E-state index in [1.807, 2.05) is 25.5 Å². The first kappa shape index (κ1) is 15.2. The number of benzene rings is 1. The first-order valence-electron chi connectivity index (χ1n) is 7.16. The Kier molecular flexibility index (Phi) is 4.11. The van der Waals surface area contributed by atoms with Crippen LogP contribution < -0.4 is 5.32 Å². The summed E-state index contributed by atoms with van der Waals surface area (Å²) in [5.74, 6) is 0.170. The lowest BCUT2D eigenvalue weighted by molar-refractivity contribution is 0.434. The van der Waals surface area contributed by atoms with Gasteiger partial charge in [0.15, 0.2) is 0 Å². The van der Waals surface area contributed by atoms with Crippen molar-refractivity contribution >= 4 is 5.69 Å². The van der Waals surface area contributed by atoms with Crippen LogP contribution in [0.2, 0.25) is 0 Å². The number of aromatic nitrogens is 2. The van der Waals surface area contributed by atoms with Crippen LogP contribution in [0.25, 0.3) is 0 Å². The summed E-state index contributed by atoms with van der Waals surface area (Å²) in [4.78, 5) is 0. The molecular weight excluding hydrogens is 266 g/mol. The van der Waals surface area contributed by atoms with Gasteiger partial charge >= 0.3 is 0 Å². The lowest BCUT2D eigenvalue weighted by Gasteiger charge is -2.18. The quantitative estimate of drug-likeness (QED) is 0.803. The lowest BCUT2D eigenvalue weighted by atomic mass is 10.1. The Balaban J connectivity index is 2.34. The van der Waals surface area contributed by atoms with E-state index < -0.39 is 0 Å². The number of aromatic hydroxyl groups is 2. The predicted octanol–water partition coefficient (Wildman–Crippen LogP) is 3.67. The second-order valence-corrected chi connectivity index (χ2v) is 5.66. The number of nitrogens with zero attached hydrogens (tertiary/aromatic N) is 2. The van der Waals surface area contributed by atoms with Crippen LogP contribution in [-0.4, -0.2) is 20.0 Å². The first-order chi connectivity index (χ1) is 9.82. The Morgan fingerprint density at radius 3 is 2.14 bits per heavy atom. The smallest absolute Gasteiger partial charge is 0.124 e. The molecule has 21 heavy (non-hydrogen) atoms. The van der Waals surface area contributed by atoms with Crippen molar-refractivity contribution in [1.29, 1.82) is 0 Å². The maximum atomic E-state index is 9.95. The molecule has 3 N–H and O–H groups in total. The van der Waals surface area contributed by atoms with Crippen molar-refractivity contribution in [2.24, 2.45) is 0 Å². The van der Waals surface area contributed by atoms with E-state index >= 15 is 0 Å². The highest BCUT2D eigenvalue weighted by Crippen LogP contribution is 2.35. The van der Waals surface area contributed by atoms with E-state index in [-0.39, 0.29) is 23.6 Å². The molecule has 0 aliphatic carbocycles. The minimum absolute atomic E-state index is 0.0848. The van der Waals surface area contributed by atoms with Crippen LogP contribution in [-0.2, 0) is 0 Å². The number of rotatable bonds is 4. The molecule has 5 nitrogen and oxygen atoms in total. The van der Waals surface area contributed by atoms with Crippen LogP contribution in [0.1, 0.15) is 49.8 Å². The minimum atomic E-state index is -0.228. The van der Waals surface area contributed by atoms with Crippen LogP contribution in [0.4, 0.5) is 5.69 Å². The third-order valence-corrected chi connectivity index (χ3v) is 3.67. The molecule has 1 unspecified atom stereocenters. The van der Waals surface area contributed by atoms with E-state index in [9.17, 15) is 10.2 Å². The average Bonchev–Trinajstić information content (AvgIpc) is 2.66. The van der Waals surface area contributed by atoms with Gasteiger partial charge in [-0.25, -0.2) is 0 Å². The Labute approximate surface area is 125 Å². The van der Waals surface area contributed by atoms with Crippen molar-refractivity contribution in [3.63, 3.8) is 0 Å². The zero-order chi connectivity index (χ0) is 15.7. The van der Waals surface area contributed by atoms with Gasteiger partial charge in [-0.05, 0) is 46.8 Å². The predicted molar refractivity (Wildman–Crippen MR) is 83.9 cm³/mol. The number of aryl methyl sites for hydroxylation is 1. The van der Waals surface area contributed by atoms with Gasteiger partial charge in [-0.3, -0.25) is 4.68 Å². The lowest BCUT2D eigenvalue weighted by Crippen LogP contribution is -2.09. The number of anilines is 1. The Hall–Kier alpha value is -2.17. The third kappa shape index (κ3) is 2.82. The summed E-state index contributed by atoms with van der Waals surface area (Å²) in [6.45, 7) is 10.0. The first-order valence-corrected chi connectivity index (χ1v) is 7.16. The molecule has 1 atom stereocenters. The Bertz CT molecular complexity index is 627. The Morgan fingerprint density at radius 1 is 1.10 bits per heavy atom. The molecule has 5 heteroatoms. The summed E-state index contributed by atoms with van der Waals surface area (Å²) in [6, 6.07) is 4.82. The fourth-order valence-electron chi connectivity index (χ4n) is 2.65. The average molecular weight is 289 g/mol. The molecule has 0 spiro atoms. The highest BCUT2D eigenvalue weighted by atomic mass is 16.3. The molecule has 0 fully saturated rings. The molecule has 2 aromatic rings. The van der Waals surface area contributed by atoms with Crippen molar-refractivity contribution in [1.82, 2.24) is 9.78 Å². The maximum absolute atomic E-state index is 9.95. The zero-order valence-corrected chi connectivity index (χ0v) is 13.2. The van der Waals surface area contributed by atoms with Crippen LogP contribution in [0, 0.1) is 13.8 Å². The van der Waals surface area contributed by atoms with Gasteiger partial charge in [-0.2, -0.15) is 5.10 Å². The van der Waals surface area contributed by atoms with Crippen molar-refractivity contribution in [3.05, 3.63) is 35.2 Å². The van der Waals surface area contributed by atoms with Crippen molar-refractivity contribution in [2.75, 3.05) is 5.32 Å². The van der Waals surface area contributed by atoms with E-state index in [2.05, 4.69) is 24.3 Å². The molecule has 114 valence electrons. The van der Waals surface area contributed by atoms with Crippen LogP contribution in [0.3, 0.4) is 0 Å². The van der Waals surface area contributed by atoms with E-state index in [4.69, 9.17) is 0 Å². The summed E-state index contributed by atoms with van der Waals surface area (Å²) in [6.07, 6.45) is 0. The number of hydrogen-bond donors (Lipinski definition) is 3. The van der Waals surface area contributed by atoms with Crippen LogP contribution >= 0.6 is 0 Å². The molecule has 0 aliphatic heterocycles. The largest absolute Gasteiger partial charge is 0.507 e. The standard InChI is InChI=1S/C16H23N3O2/c1-9(2)19-12(5)16(11(4)18-19)17-10(3)15-13(20)7-6-8-14(15)21/h6-10,17,20-21H,1-5H3. The van der Waals surface area contributed by atoms with E-state index in [1.54, 1.807) is 18.2 Å². The molecule has 2 rings (SSSR count). The molecule has 0 saturated heterocycles. The second kappa shape index (κ2) is 5.68. The summed E-state index contributed by atoms with van der Waals surface area (Å²) in [5, 5.41) is 27.8. The van der Waals surface area contributed by atoms with Crippen molar-refractivity contribution < 1.29 is 10.2 Å². The molecule has 0 radical (unpaired) electrons. The molecule has 1 heterocycles. The van der Waals surface area contributed by atoms with Gasteiger partial charge < -0.3 is 15.5 Å². The Morgan fingerprint density at radius 2 is 1.67 bits per heavy atom. The summed E-state index contributed by atoms with van der Waals surface area (Å²) < 4.78 is 1.97. The van der Waals surface area contributed by atoms with E-state index in [0.29, 0.717) is 5.56 Å². The van der Waals surface area contributed by atoms with Crippen molar-refractivity contribution in [3.8, 4) is 11.5 Å². The zero-order valence-electron chi connectivity index (χ0n) is 13.2. The van der Waals surface area contributed by atoms with Crippen LogP contribution in [0.5, 0.6) is 11.5 Å². The van der Waals surface area contributed by atoms with Gasteiger partial charge in [-0.15, -0.1) is 0 Å². The van der Waals surface area contributed by atoms with Gasteiger partial charge in [-0.1, -0.05) is 6.07 Å². The van der Waals surface area contributed by atoms with Gasteiger partial charge in [0, 0.05) is 6.04 Å². The molecular formula is C16H23N3O2. The van der Waals surface area contributed by atoms with Gasteiger partial charge in [0.25, 0.3) is 0 Å². The van der Waals surface area contributed by atoms with Gasteiger partial charge in [0.05, 0.1) is 28.7 Å². The SMILES string of the molecule is Cc1nn(C(C)C)c(C)c1NC(C)c1c(O)cccc1O. The fraction of sp³-hybridized carbons (Fsp3) is 0.438. The minimum Gasteiger partial charge on any atom is -0.507 e. The maximum Gasteiger partial charge on any atom is 0.124 e. The summed E-state index contributed by atoms with van der Waals surface area (Å²) in [7, 11) is 0. The molecule has 1 aromatic heterocycles. The van der Waals surface area contributed by atoms with E-state index in [1.165, 1.54) is 0 Å². The van der Waals surface area contributed by atoms with Crippen molar-refractivity contribution in [2.45, 2.75) is 46.7 Å². The highest BCUT2D eigenvalue weighted by Gasteiger charge is 2.19. The third-order valence-electron chi connectivity index (χ3n) is 3.67. The van der Waals surface area contributed by atoms with Crippen LogP contribution in [0.15, 0.2) is 18.2 Å². The second-order valence-electron chi connectivity index (χ2n) is 5.66. The number of nitrogens with one attached hydrogen (secondary N) is 1.